The standard InChI is InChI=1S/C13H26N2O2/c1-5-6-14-12(13(16)17-4)9-15(3)8-11-7-10(11)2/h10-12,14H,5-9H2,1-4H3. The summed E-state index contributed by atoms with van der Waals surface area (Å²) in [5.41, 5.74) is 0. The molecule has 3 unspecified atom stereocenters. The third kappa shape index (κ3) is 5.04. The maximum atomic E-state index is 11.6. The van der Waals surface area contributed by atoms with Gasteiger partial charge in [0.25, 0.3) is 0 Å². The van der Waals surface area contributed by atoms with Gasteiger partial charge in [0.15, 0.2) is 0 Å². The van der Waals surface area contributed by atoms with E-state index < -0.39 is 0 Å². The number of rotatable bonds is 8. The normalized spacial score (nSPS) is 24.8. The third-order valence-corrected chi connectivity index (χ3v) is 3.44. The topological polar surface area (TPSA) is 41.6 Å². The monoisotopic (exact) mass is 242 g/mol. The second-order valence-electron chi connectivity index (χ2n) is 5.22. The van der Waals surface area contributed by atoms with Gasteiger partial charge in [-0.25, -0.2) is 0 Å². The number of nitrogens with zero attached hydrogens (tertiary/aromatic N) is 1. The summed E-state index contributed by atoms with van der Waals surface area (Å²) in [5, 5.41) is 3.24. The molecule has 3 atom stereocenters. The second-order valence-corrected chi connectivity index (χ2v) is 5.22. The van der Waals surface area contributed by atoms with Crippen molar-refractivity contribution in [3.8, 4) is 0 Å². The fraction of sp³-hybridized carbons (Fsp3) is 0.923. The van der Waals surface area contributed by atoms with E-state index in [4.69, 9.17) is 4.74 Å². The number of nitrogens with one attached hydrogen (secondary N) is 1. The molecule has 0 heterocycles. The molecule has 0 amide bonds. The lowest BCUT2D eigenvalue weighted by Crippen LogP contribution is -2.46. The first kappa shape index (κ1) is 14.5. The van der Waals surface area contributed by atoms with Gasteiger partial charge in [-0.3, -0.25) is 4.79 Å². The van der Waals surface area contributed by atoms with Crippen molar-refractivity contribution in [2.45, 2.75) is 32.7 Å². The number of carbonyl (C=O) groups is 1. The van der Waals surface area contributed by atoms with Gasteiger partial charge in [0, 0.05) is 13.1 Å². The summed E-state index contributed by atoms with van der Waals surface area (Å²) in [4.78, 5) is 13.8. The summed E-state index contributed by atoms with van der Waals surface area (Å²) in [5.74, 6) is 1.52. The Balaban J connectivity index is 2.32. The van der Waals surface area contributed by atoms with Crippen LogP contribution in [0.4, 0.5) is 0 Å². The highest BCUT2D eigenvalue weighted by Crippen LogP contribution is 2.37. The van der Waals surface area contributed by atoms with Gasteiger partial charge in [-0.1, -0.05) is 13.8 Å². The minimum absolute atomic E-state index is 0.158. The van der Waals surface area contributed by atoms with Crippen LogP contribution >= 0.6 is 0 Å². The van der Waals surface area contributed by atoms with Crippen molar-refractivity contribution >= 4 is 5.97 Å². The number of likely N-dealkylation sites (N-methyl/N-ethyl adjacent to an activating group) is 1. The summed E-state index contributed by atoms with van der Waals surface area (Å²) in [7, 11) is 3.53. The van der Waals surface area contributed by atoms with Gasteiger partial charge in [-0.15, -0.1) is 0 Å². The summed E-state index contributed by atoms with van der Waals surface area (Å²) < 4.78 is 4.82. The molecule has 1 aliphatic rings. The highest BCUT2D eigenvalue weighted by Gasteiger charge is 2.33. The zero-order valence-corrected chi connectivity index (χ0v) is 11.5. The molecule has 0 aromatic heterocycles. The van der Waals surface area contributed by atoms with Crippen LogP contribution in [0, 0.1) is 11.8 Å². The van der Waals surface area contributed by atoms with Crippen LogP contribution in [0.25, 0.3) is 0 Å². The highest BCUT2D eigenvalue weighted by atomic mass is 16.5. The lowest BCUT2D eigenvalue weighted by atomic mass is 10.2. The Kier molecular flexibility index (Phi) is 5.92. The first-order chi connectivity index (χ1) is 8.08. The molecule has 0 bridgehead atoms. The maximum absolute atomic E-state index is 11.6. The van der Waals surface area contributed by atoms with Crippen molar-refractivity contribution in [3.05, 3.63) is 0 Å². The molecule has 0 aliphatic heterocycles. The molecule has 1 saturated carbocycles. The SMILES string of the molecule is CCCNC(CN(C)CC1CC1C)C(=O)OC. The zero-order chi connectivity index (χ0) is 12.8. The maximum Gasteiger partial charge on any atom is 0.324 e. The molecule has 17 heavy (non-hydrogen) atoms. The Morgan fingerprint density at radius 3 is 2.71 bits per heavy atom. The van der Waals surface area contributed by atoms with Gasteiger partial charge in [-0.05, 0) is 38.3 Å². The largest absolute Gasteiger partial charge is 0.468 e. The Hall–Kier alpha value is -0.610. The molecular weight excluding hydrogens is 216 g/mol. The van der Waals surface area contributed by atoms with Crippen molar-refractivity contribution in [2.24, 2.45) is 11.8 Å². The van der Waals surface area contributed by atoms with Crippen LogP contribution in [0.1, 0.15) is 26.7 Å². The van der Waals surface area contributed by atoms with Crippen LogP contribution in [0.2, 0.25) is 0 Å². The Morgan fingerprint density at radius 2 is 2.24 bits per heavy atom. The van der Waals surface area contributed by atoms with Gasteiger partial charge in [0.05, 0.1) is 7.11 Å². The van der Waals surface area contributed by atoms with Gasteiger partial charge >= 0.3 is 5.97 Å². The molecule has 1 aliphatic carbocycles. The molecule has 0 spiro atoms. The minimum atomic E-state index is -0.195. The van der Waals surface area contributed by atoms with Gasteiger partial charge in [0.2, 0.25) is 0 Å². The molecule has 4 nitrogen and oxygen atoms in total. The quantitative estimate of drug-likeness (QED) is 0.648. The molecule has 0 aromatic rings. The van der Waals surface area contributed by atoms with E-state index in [-0.39, 0.29) is 12.0 Å². The van der Waals surface area contributed by atoms with Gasteiger partial charge in [-0.2, -0.15) is 0 Å². The molecule has 1 N–H and O–H groups in total. The number of hydrogen-bond acceptors (Lipinski definition) is 4. The van der Waals surface area contributed by atoms with E-state index in [0.717, 1.165) is 37.9 Å². The predicted molar refractivity (Wildman–Crippen MR) is 68.9 cm³/mol. The Bertz CT molecular complexity index is 246. The van der Waals surface area contributed by atoms with Crippen LogP contribution in [0.5, 0.6) is 0 Å². The highest BCUT2D eigenvalue weighted by molar-refractivity contribution is 5.75. The van der Waals surface area contributed by atoms with E-state index in [2.05, 4.69) is 31.1 Å². The van der Waals surface area contributed by atoms with Gasteiger partial charge in [0.1, 0.15) is 6.04 Å². The smallest absolute Gasteiger partial charge is 0.324 e. The van der Waals surface area contributed by atoms with Crippen LogP contribution in [0.3, 0.4) is 0 Å². The Morgan fingerprint density at radius 1 is 1.59 bits per heavy atom. The first-order valence-electron chi connectivity index (χ1n) is 6.58. The van der Waals surface area contributed by atoms with E-state index >= 15 is 0 Å². The average molecular weight is 242 g/mol. The van der Waals surface area contributed by atoms with Crippen LogP contribution in [-0.2, 0) is 9.53 Å². The minimum Gasteiger partial charge on any atom is -0.468 e. The molecule has 0 aromatic carbocycles. The molecule has 1 rings (SSSR count). The van der Waals surface area contributed by atoms with Crippen LogP contribution in [0.15, 0.2) is 0 Å². The van der Waals surface area contributed by atoms with Gasteiger partial charge < -0.3 is 15.0 Å². The lowest BCUT2D eigenvalue weighted by Gasteiger charge is -2.23. The lowest BCUT2D eigenvalue weighted by molar-refractivity contribution is -0.143. The van der Waals surface area contributed by atoms with E-state index in [1.807, 2.05) is 0 Å². The summed E-state index contributed by atoms with van der Waals surface area (Å²) in [6.45, 7) is 7.05. The molecule has 0 saturated heterocycles. The van der Waals surface area contributed by atoms with Crippen molar-refractivity contribution in [3.63, 3.8) is 0 Å². The van der Waals surface area contributed by atoms with E-state index in [1.165, 1.54) is 13.5 Å². The number of carbonyl (C=O) groups excluding carboxylic acids is 1. The summed E-state index contributed by atoms with van der Waals surface area (Å²) >= 11 is 0. The predicted octanol–water partition coefficient (Wildman–Crippen LogP) is 1.12. The van der Waals surface area contributed by atoms with E-state index in [1.54, 1.807) is 0 Å². The fourth-order valence-electron chi connectivity index (χ4n) is 2.12. The summed E-state index contributed by atoms with van der Waals surface area (Å²) in [6, 6.07) is -0.195. The van der Waals surface area contributed by atoms with Crippen molar-refractivity contribution in [1.82, 2.24) is 10.2 Å². The Labute approximate surface area is 105 Å². The average Bonchev–Trinajstić information content (AvgIpc) is 2.98. The molecule has 1 fully saturated rings. The van der Waals surface area contributed by atoms with E-state index in [0.29, 0.717) is 0 Å². The molecule has 100 valence electrons. The van der Waals surface area contributed by atoms with Crippen LogP contribution in [-0.4, -0.2) is 50.7 Å². The van der Waals surface area contributed by atoms with Crippen LogP contribution < -0.4 is 5.32 Å². The second kappa shape index (κ2) is 6.97. The first-order valence-corrected chi connectivity index (χ1v) is 6.58. The third-order valence-electron chi connectivity index (χ3n) is 3.44. The summed E-state index contributed by atoms with van der Waals surface area (Å²) in [6.07, 6.45) is 2.35. The molecular formula is C13H26N2O2. The fourth-order valence-corrected chi connectivity index (χ4v) is 2.12. The van der Waals surface area contributed by atoms with Crippen molar-refractivity contribution < 1.29 is 9.53 Å². The molecule has 4 heteroatoms. The zero-order valence-electron chi connectivity index (χ0n) is 11.5. The van der Waals surface area contributed by atoms with Crippen molar-refractivity contribution in [2.75, 3.05) is 33.8 Å². The number of ether oxygens (including phenoxy) is 1. The number of methoxy groups -OCH3 is 1. The molecule has 0 radical (unpaired) electrons. The van der Waals surface area contributed by atoms with E-state index in [9.17, 15) is 4.79 Å². The number of hydrogen-bond donors (Lipinski definition) is 1. The number of esters is 1. The van der Waals surface area contributed by atoms with Crippen molar-refractivity contribution in [1.29, 1.82) is 0 Å².